The Morgan fingerprint density at radius 1 is 1.25 bits per heavy atom. The van der Waals surface area contributed by atoms with E-state index in [2.05, 4.69) is 27.8 Å². The quantitative estimate of drug-likeness (QED) is 0.501. The zero-order valence-electron chi connectivity index (χ0n) is 15.7. The fraction of sp³-hybridized carbons (Fsp3) is 0.556. The predicted octanol–water partition coefficient (Wildman–Crippen LogP) is 3.82. The number of thiophene rings is 1. The van der Waals surface area contributed by atoms with Crippen molar-refractivity contribution in [2.45, 2.75) is 49.4 Å². The summed E-state index contributed by atoms with van der Waals surface area (Å²) in [5.41, 5.74) is 1.57. The van der Waals surface area contributed by atoms with Crippen LogP contribution in [0.25, 0.3) is 0 Å². The first kappa shape index (κ1) is 19.7. The molecule has 2 heterocycles. The first-order valence-corrected chi connectivity index (χ1v) is 11.9. The van der Waals surface area contributed by atoms with Crippen LogP contribution < -0.4 is 10.6 Å². The first-order valence-electron chi connectivity index (χ1n) is 9.29. The Hall–Kier alpha value is -1.65. The topological polar surface area (TPSA) is 93.2 Å². The molecule has 1 saturated carbocycles. The van der Waals surface area contributed by atoms with E-state index in [0.29, 0.717) is 22.5 Å². The Balaban J connectivity index is 1.40. The minimum Gasteiger partial charge on any atom is -0.465 e. The number of esters is 1. The summed E-state index contributed by atoms with van der Waals surface area (Å²) >= 11 is 4.31. The molecule has 1 unspecified atom stereocenters. The molecular formula is C18H22N4O3S3. The van der Waals surface area contributed by atoms with Crippen molar-refractivity contribution in [3.05, 3.63) is 16.0 Å². The van der Waals surface area contributed by atoms with E-state index >= 15 is 0 Å². The summed E-state index contributed by atoms with van der Waals surface area (Å²) in [7, 11) is 1.38. The number of carbonyl (C=O) groups excluding carboxylic acids is 2. The van der Waals surface area contributed by atoms with Crippen LogP contribution >= 0.6 is 34.4 Å². The third-order valence-corrected chi connectivity index (χ3v) is 7.95. The number of anilines is 2. The predicted molar refractivity (Wildman–Crippen MR) is 113 cm³/mol. The molecule has 2 aromatic rings. The summed E-state index contributed by atoms with van der Waals surface area (Å²) < 4.78 is 5.72. The van der Waals surface area contributed by atoms with E-state index in [0.717, 1.165) is 34.3 Å². The molecule has 150 valence electrons. The van der Waals surface area contributed by atoms with Gasteiger partial charge in [0.2, 0.25) is 11.0 Å². The highest BCUT2D eigenvalue weighted by atomic mass is 32.2. The molecule has 10 heteroatoms. The Morgan fingerprint density at radius 3 is 2.82 bits per heavy atom. The largest absolute Gasteiger partial charge is 0.465 e. The molecule has 2 aliphatic carbocycles. The summed E-state index contributed by atoms with van der Waals surface area (Å²) in [4.78, 5) is 26.0. The molecule has 28 heavy (non-hydrogen) atoms. The Morgan fingerprint density at radius 2 is 2.07 bits per heavy atom. The molecule has 0 saturated heterocycles. The van der Waals surface area contributed by atoms with Gasteiger partial charge in [0.25, 0.3) is 0 Å². The van der Waals surface area contributed by atoms with E-state index in [9.17, 15) is 9.59 Å². The van der Waals surface area contributed by atoms with Crippen LogP contribution in [0.4, 0.5) is 10.1 Å². The number of nitrogens with one attached hydrogen (secondary N) is 2. The van der Waals surface area contributed by atoms with Gasteiger partial charge < -0.3 is 15.4 Å². The van der Waals surface area contributed by atoms with Gasteiger partial charge in [-0.05, 0) is 43.6 Å². The van der Waals surface area contributed by atoms with Gasteiger partial charge >= 0.3 is 5.97 Å². The third kappa shape index (κ3) is 4.49. The van der Waals surface area contributed by atoms with Gasteiger partial charge in [-0.3, -0.25) is 4.79 Å². The van der Waals surface area contributed by atoms with E-state index in [4.69, 9.17) is 4.74 Å². The van der Waals surface area contributed by atoms with Crippen molar-refractivity contribution in [3.63, 3.8) is 0 Å². The number of amides is 1. The number of methoxy groups -OCH3 is 1. The number of carbonyl (C=O) groups is 2. The molecule has 0 radical (unpaired) electrons. The van der Waals surface area contributed by atoms with Crippen molar-refractivity contribution in [1.29, 1.82) is 0 Å². The first-order chi connectivity index (χ1) is 13.5. The summed E-state index contributed by atoms with van der Waals surface area (Å²) in [5, 5.41) is 15.8. The SMILES string of the molecule is COC(=O)c1c(NC(=O)CSc2nnc(NC3CC3)s2)sc2c1CCC(C)C2. The van der Waals surface area contributed by atoms with Crippen LogP contribution in [0.1, 0.15) is 47.0 Å². The maximum atomic E-state index is 12.5. The van der Waals surface area contributed by atoms with Crippen molar-refractivity contribution in [1.82, 2.24) is 10.2 Å². The van der Waals surface area contributed by atoms with Crippen LogP contribution in [-0.2, 0) is 22.4 Å². The molecule has 4 rings (SSSR count). The van der Waals surface area contributed by atoms with Gasteiger partial charge in [0.1, 0.15) is 5.00 Å². The summed E-state index contributed by atoms with van der Waals surface area (Å²) in [6.45, 7) is 2.21. The Bertz CT molecular complexity index is 891. The maximum Gasteiger partial charge on any atom is 0.341 e. The number of hydrogen-bond acceptors (Lipinski definition) is 9. The fourth-order valence-electron chi connectivity index (χ4n) is 3.18. The number of hydrogen-bond donors (Lipinski definition) is 2. The lowest BCUT2D eigenvalue weighted by Crippen LogP contribution is -2.17. The van der Waals surface area contributed by atoms with Gasteiger partial charge in [0.15, 0.2) is 4.34 Å². The molecule has 0 bridgehead atoms. The van der Waals surface area contributed by atoms with Crippen molar-refractivity contribution < 1.29 is 14.3 Å². The van der Waals surface area contributed by atoms with Crippen LogP contribution in [0.5, 0.6) is 0 Å². The van der Waals surface area contributed by atoms with E-state index in [-0.39, 0.29) is 17.6 Å². The lowest BCUT2D eigenvalue weighted by Gasteiger charge is -2.18. The van der Waals surface area contributed by atoms with Crippen molar-refractivity contribution >= 4 is 56.4 Å². The summed E-state index contributed by atoms with van der Waals surface area (Å²) in [6, 6.07) is 0.526. The van der Waals surface area contributed by atoms with Crippen molar-refractivity contribution in [2.24, 2.45) is 5.92 Å². The standard InChI is InChI=1S/C18H22N4O3S3/c1-9-3-6-11-12(7-9)27-15(14(11)16(24)25-2)20-13(23)8-26-18-22-21-17(28-18)19-10-4-5-10/h9-10H,3-8H2,1-2H3,(H,19,21)(H,20,23). The zero-order chi connectivity index (χ0) is 19.7. The molecule has 2 aromatic heterocycles. The molecular weight excluding hydrogens is 416 g/mol. The third-order valence-electron chi connectivity index (χ3n) is 4.79. The van der Waals surface area contributed by atoms with Crippen LogP contribution in [-0.4, -0.2) is 41.0 Å². The van der Waals surface area contributed by atoms with E-state index in [1.807, 2.05) is 0 Å². The fourth-order valence-corrected chi connectivity index (χ4v) is 6.22. The molecule has 1 atom stereocenters. The molecule has 1 fully saturated rings. The maximum absolute atomic E-state index is 12.5. The highest BCUT2D eigenvalue weighted by molar-refractivity contribution is 8.01. The number of aromatic nitrogens is 2. The number of rotatable bonds is 7. The number of fused-ring (bicyclic) bond motifs is 1. The van der Waals surface area contributed by atoms with Crippen molar-refractivity contribution in [3.8, 4) is 0 Å². The molecule has 2 aliphatic rings. The molecule has 0 spiro atoms. The Kier molecular flexibility index (Phi) is 5.88. The number of ether oxygens (including phenoxy) is 1. The van der Waals surface area contributed by atoms with E-state index < -0.39 is 0 Å². The van der Waals surface area contributed by atoms with Gasteiger partial charge in [-0.15, -0.1) is 21.5 Å². The van der Waals surface area contributed by atoms with Gasteiger partial charge in [0, 0.05) is 10.9 Å². The van der Waals surface area contributed by atoms with Crippen LogP contribution in [0, 0.1) is 5.92 Å². The average molecular weight is 439 g/mol. The molecule has 0 aromatic carbocycles. The minimum absolute atomic E-state index is 0.159. The van der Waals surface area contributed by atoms with Gasteiger partial charge in [-0.25, -0.2) is 4.79 Å². The van der Waals surface area contributed by atoms with Crippen molar-refractivity contribution in [2.75, 3.05) is 23.5 Å². The van der Waals surface area contributed by atoms with E-state index in [1.165, 1.54) is 59.3 Å². The molecule has 2 N–H and O–H groups in total. The second-order valence-electron chi connectivity index (χ2n) is 7.18. The Labute approximate surface area is 175 Å². The number of thioether (sulfide) groups is 1. The van der Waals surface area contributed by atoms with E-state index in [1.54, 1.807) is 0 Å². The van der Waals surface area contributed by atoms with Gasteiger partial charge in [-0.1, -0.05) is 30.0 Å². The van der Waals surface area contributed by atoms with Gasteiger partial charge in [0.05, 0.1) is 18.4 Å². The van der Waals surface area contributed by atoms with Crippen LogP contribution in [0.15, 0.2) is 4.34 Å². The molecule has 1 amide bonds. The smallest absolute Gasteiger partial charge is 0.341 e. The monoisotopic (exact) mass is 438 g/mol. The second kappa shape index (κ2) is 8.38. The van der Waals surface area contributed by atoms with Crippen LogP contribution in [0.2, 0.25) is 0 Å². The highest BCUT2D eigenvalue weighted by Crippen LogP contribution is 2.40. The highest BCUT2D eigenvalue weighted by Gasteiger charge is 2.29. The second-order valence-corrected chi connectivity index (χ2v) is 10.5. The lowest BCUT2D eigenvalue weighted by molar-refractivity contribution is -0.113. The average Bonchev–Trinajstić information content (AvgIpc) is 3.25. The lowest BCUT2D eigenvalue weighted by atomic mass is 9.88. The summed E-state index contributed by atoms with van der Waals surface area (Å²) in [5.74, 6) is 0.271. The van der Waals surface area contributed by atoms with Gasteiger partial charge in [-0.2, -0.15) is 0 Å². The van der Waals surface area contributed by atoms with Crippen LogP contribution in [0.3, 0.4) is 0 Å². The minimum atomic E-state index is -0.380. The normalized spacial score (nSPS) is 18.4. The zero-order valence-corrected chi connectivity index (χ0v) is 18.2. The number of nitrogens with zero attached hydrogens (tertiary/aromatic N) is 2. The molecule has 7 nitrogen and oxygen atoms in total. The summed E-state index contributed by atoms with van der Waals surface area (Å²) in [6.07, 6.45) is 5.19. The molecule has 0 aliphatic heterocycles.